The summed E-state index contributed by atoms with van der Waals surface area (Å²) >= 11 is 0. The number of rotatable bonds is 5. The van der Waals surface area contributed by atoms with Crippen molar-refractivity contribution >= 4 is 23.2 Å². The number of hydrogen-bond donors (Lipinski definition) is 1. The van der Waals surface area contributed by atoms with Gasteiger partial charge in [-0.15, -0.1) is 0 Å². The Labute approximate surface area is 192 Å². The van der Waals surface area contributed by atoms with Crippen molar-refractivity contribution in [1.82, 2.24) is 10.3 Å². The molecule has 1 aliphatic carbocycles. The number of amides is 2. The number of benzene rings is 1. The van der Waals surface area contributed by atoms with Crippen molar-refractivity contribution in [2.45, 2.75) is 58.3 Å². The quantitative estimate of drug-likeness (QED) is 0.545. The highest BCUT2D eigenvalue weighted by atomic mass is 16.6. The zero-order valence-corrected chi connectivity index (χ0v) is 18.8. The van der Waals surface area contributed by atoms with Gasteiger partial charge >= 0.3 is 0 Å². The molecule has 9 nitrogen and oxygen atoms in total. The van der Waals surface area contributed by atoms with Gasteiger partial charge in [0.15, 0.2) is 5.76 Å². The lowest BCUT2D eigenvalue weighted by atomic mass is 9.93. The summed E-state index contributed by atoms with van der Waals surface area (Å²) in [6, 6.07) is 5.87. The average molecular weight is 453 g/mol. The molecule has 0 spiro atoms. The van der Waals surface area contributed by atoms with E-state index in [0.717, 1.165) is 68.5 Å². The summed E-state index contributed by atoms with van der Waals surface area (Å²) in [5.41, 5.74) is 5.56. The van der Waals surface area contributed by atoms with Crippen molar-refractivity contribution < 1.29 is 18.9 Å². The van der Waals surface area contributed by atoms with Crippen LogP contribution in [0.5, 0.6) is 0 Å². The van der Waals surface area contributed by atoms with E-state index in [2.05, 4.69) is 10.5 Å². The molecule has 2 heterocycles. The minimum Gasteiger partial charge on any atom is -0.455 e. The van der Waals surface area contributed by atoms with E-state index in [0.29, 0.717) is 23.5 Å². The first-order valence-electron chi connectivity index (χ1n) is 11.4. The molecule has 0 unspecified atom stereocenters. The fourth-order valence-electron chi connectivity index (χ4n) is 4.49. The minimum absolute atomic E-state index is 0.0184. The number of non-ortho nitro benzene ring substituents is 1. The predicted octanol–water partition coefficient (Wildman–Crippen LogP) is 3.91. The lowest BCUT2D eigenvalue weighted by Crippen LogP contribution is -2.32. The zero-order chi connectivity index (χ0) is 23.4. The third-order valence-electron chi connectivity index (χ3n) is 6.24. The van der Waals surface area contributed by atoms with Gasteiger partial charge in [0, 0.05) is 42.8 Å². The van der Waals surface area contributed by atoms with Crippen molar-refractivity contribution in [3.05, 3.63) is 62.6 Å². The maximum atomic E-state index is 13.1. The van der Waals surface area contributed by atoms with Gasteiger partial charge in [0.25, 0.3) is 11.6 Å². The minimum atomic E-state index is -0.477. The summed E-state index contributed by atoms with van der Waals surface area (Å²) < 4.78 is 6.02. The zero-order valence-electron chi connectivity index (χ0n) is 18.8. The molecule has 174 valence electrons. The lowest BCUT2D eigenvalue weighted by Gasteiger charge is -2.19. The topological polar surface area (TPSA) is 118 Å². The monoisotopic (exact) mass is 452 g/mol. The Morgan fingerprint density at radius 3 is 2.45 bits per heavy atom. The summed E-state index contributed by atoms with van der Waals surface area (Å²) in [6.07, 6.45) is 6.62. The molecule has 0 radical (unpaired) electrons. The summed E-state index contributed by atoms with van der Waals surface area (Å²) in [4.78, 5) is 37.7. The second-order valence-electron chi connectivity index (χ2n) is 8.61. The fourth-order valence-corrected chi connectivity index (χ4v) is 4.49. The molecule has 1 saturated heterocycles. The average Bonchev–Trinajstić information content (AvgIpc) is 2.98. The largest absolute Gasteiger partial charge is 0.455 e. The Morgan fingerprint density at radius 1 is 1.09 bits per heavy atom. The summed E-state index contributed by atoms with van der Waals surface area (Å²) in [7, 11) is 0. The molecular formula is C24H28N4O5. The molecule has 2 aliphatic rings. The first-order chi connectivity index (χ1) is 15.9. The van der Waals surface area contributed by atoms with Gasteiger partial charge in [-0.05, 0) is 38.2 Å². The highest BCUT2D eigenvalue weighted by molar-refractivity contribution is 6.06. The smallest absolute Gasteiger partial charge is 0.289 e. The van der Waals surface area contributed by atoms with Crippen molar-refractivity contribution in [1.29, 1.82) is 0 Å². The van der Waals surface area contributed by atoms with Crippen LogP contribution in [0.2, 0.25) is 0 Å². The second-order valence-corrected chi connectivity index (χ2v) is 8.61. The van der Waals surface area contributed by atoms with Crippen LogP contribution in [0.4, 0.5) is 5.69 Å². The normalized spacial score (nSPS) is 17.4. The SMILES string of the molecule is Cc1c(C(=O)N2CCCCCC2)oc2c1/C(=N/NC(=O)Cc1ccc([N+](=O)[O-])cc1)CCC2. The molecule has 1 fully saturated rings. The molecule has 33 heavy (non-hydrogen) atoms. The number of nitrogens with one attached hydrogen (secondary N) is 1. The number of carbonyl (C=O) groups excluding carboxylic acids is 2. The van der Waals surface area contributed by atoms with E-state index in [1.165, 1.54) is 12.1 Å². The molecule has 1 aliphatic heterocycles. The number of furan rings is 1. The molecule has 0 saturated carbocycles. The van der Waals surface area contributed by atoms with Crippen LogP contribution in [0.1, 0.15) is 71.5 Å². The summed E-state index contributed by atoms with van der Waals surface area (Å²) in [5.74, 6) is 0.754. The van der Waals surface area contributed by atoms with Crippen LogP contribution in [0, 0.1) is 17.0 Å². The van der Waals surface area contributed by atoms with Crippen molar-refractivity contribution in [2.24, 2.45) is 5.10 Å². The van der Waals surface area contributed by atoms with Crippen LogP contribution in [-0.2, 0) is 17.6 Å². The van der Waals surface area contributed by atoms with E-state index in [1.54, 1.807) is 12.1 Å². The van der Waals surface area contributed by atoms with E-state index in [4.69, 9.17) is 4.42 Å². The van der Waals surface area contributed by atoms with E-state index in [-0.39, 0.29) is 23.9 Å². The van der Waals surface area contributed by atoms with Gasteiger partial charge in [0.05, 0.1) is 17.1 Å². The molecule has 1 aromatic carbocycles. The van der Waals surface area contributed by atoms with Crippen molar-refractivity contribution in [3.63, 3.8) is 0 Å². The lowest BCUT2D eigenvalue weighted by molar-refractivity contribution is -0.384. The molecule has 1 N–H and O–H groups in total. The maximum absolute atomic E-state index is 13.1. The second kappa shape index (κ2) is 9.97. The van der Waals surface area contributed by atoms with Gasteiger partial charge in [-0.3, -0.25) is 19.7 Å². The third kappa shape index (κ3) is 5.13. The van der Waals surface area contributed by atoms with Gasteiger partial charge in [0.2, 0.25) is 5.91 Å². The Kier molecular flexibility index (Phi) is 6.86. The van der Waals surface area contributed by atoms with Crippen LogP contribution < -0.4 is 5.43 Å². The molecule has 2 aromatic rings. The van der Waals surface area contributed by atoms with Gasteiger partial charge in [0.1, 0.15) is 5.76 Å². The first-order valence-corrected chi connectivity index (χ1v) is 11.4. The number of hydrogen-bond acceptors (Lipinski definition) is 6. The van der Waals surface area contributed by atoms with Gasteiger partial charge in [-0.25, -0.2) is 5.43 Å². The Bertz CT molecular complexity index is 1080. The van der Waals surface area contributed by atoms with Gasteiger partial charge in [-0.1, -0.05) is 25.0 Å². The van der Waals surface area contributed by atoms with E-state index < -0.39 is 4.92 Å². The Hall–Kier alpha value is -3.49. The number of aryl methyl sites for hydroxylation is 1. The van der Waals surface area contributed by atoms with Gasteiger partial charge in [-0.2, -0.15) is 5.10 Å². The molecule has 9 heteroatoms. The molecule has 1 aromatic heterocycles. The Morgan fingerprint density at radius 2 is 1.79 bits per heavy atom. The molecular weight excluding hydrogens is 424 g/mol. The summed E-state index contributed by atoms with van der Waals surface area (Å²) in [6.45, 7) is 3.39. The Balaban J connectivity index is 1.47. The number of carbonyl (C=O) groups is 2. The van der Waals surface area contributed by atoms with E-state index in [9.17, 15) is 19.7 Å². The number of nitro groups is 1. The third-order valence-corrected chi connectivity index (χ3v) is 6.24. The number of hydrazone groups is 1. The summed E-state index contributed by atoms with van der Waals surface area (Å²) in [5, 5.41) is 15.1. The first kappa shape index (κ1) is 22.7. The van der Waals surface area contributed by atoms with E-state index >= 15 is 0 Å². The van der Waals surface area contributed by atoms with Gasteiger partial charge < -0.3 is 9.32 Å². The maximum Gasteiger partial charge on any atom is 0.289 e. The highest BCUT2D eigenvalue weighted by Gasteiger charge is 2.30. The van der Waals surface area contributed by atoms with Crippen LogP contribution in [0.25, 0.3) is 0 Å². The standard InChI is InChI=1S/C24H28N4O5/c1-16-22-19(25-26-21(29)15-17-9-11-18(12-10-17)28(31)32)7-6-8-20(22)33-23(16)24(30)27-13-4-2-3-5-14-27/h9-12H,2-8,13-15H2,1H3,(H,26,29)/b25-19+. The number of likely N-dealkylation sites (tertiary alicyclic amines) is 1. The molecule has 2 amide bonds. The number of nitro benzene ring substituents is 1. The van der Waals surface area contributed by atoms with Crippen LogP contribution in [0.3, 0.4) is 0 Å². The van der Waals surface area contributed by atoms with Crippen LogP contribution in [-0.4, -0.2) is 40.4 Å². The molecule has 4 rings (SSSR count). The molecule has 0 bridgehead atoms. The highest BCUT2D eigenvalue weighted by Crippen LogP contribution is 2.31. The van der Waals surface area contributed by atoms with E-state index in [1.807, 2.05) is 11.8 Å². The molecule has 0 atom stereocenters. The van der Waals surface area contributed by atoms with Crippen molar-refractivity contribution in [2.75, 3.05) is 13.1 Å². The van der Waals surface area contributed by atoms with Crippen molar-refractivity contribution in [3.8, 4) is 0 Å². The predicted molar refractivity (Wildman–Crippen MR) is 122 cm³/mol. The number of nitrogens with zero attached hydrogens (tertiary/aromatic N) is 3. The van der Waals surface area contributed by atoms with Crippen LogP contribution >= 0.6 is 0 Å². The van der Waals surface area contributed by atoms with Crippen LogP contribution in [0.15, 0.2) is 33.8 Å². The fraction of sp³-hybridized carbons (Fsp3) is 0.458. The number of fused-ring (bicyclic) bond motifs is 1.